The van der Waals surface area contributed by atoms with Crippen LogP contribution in [0.15, 0.2) is 59.5 Å². The topological polar surface area (TPSA) is 72.4 Å². The molecule has 0 aliphatic rings. The third-order valence-electron chi connectivity index (χ3n) is 6.77. The smallest absolute Gasteiger partial charge is 0.410 e. The van der Waals surface area contributed by atoms with Gasteiger partial charge in [-0.05, 0) is 94.3 Å². The van der Waals surface area contributed by atoms with Gasteiger partial charge in [-0.1, -0.05) is 18.9 Å². The number of rotatable bonds is 8. The van der Waals surface area contributed by atoms with Crippen molar-refractivity contribution in [2.45, 2.75) is 53.3 Å². The van der Waals surface area contributed by atoms with Gasteiger partial charge in [-0.25, -0.2) is 4.39 Å². The lowest BCUT2D eigenvalue weighted by atomic mass is 10.0. The lowest BCUT2D eigenvalue weighted by molar-refractivity contribution is -0.182. The third kappa shape index (κ3) is 6.25. The van der Waals surface area contributed by atoms with Crippen molar-refractivity contribution in [1.82, 2.24) is 9.88 Å². The Hall–Kier alpha value is -3.99. The SMILES string of the molecule is CCSNc1ccc(Oc2c(C)cc(F)cc2C)c(-n2cc(C)c(=O)c3ccc(C(=O)NC(C)(C)C(F)(F)F)cc32)c1. The third-order valence-corrected chi connectivity index (χ3v) is 7.44. The van der Waals surface area contributed by atoms with Crippen LogP contribution >= 0.6 is 11.9 Å². The summed E-state index contributed by atoms with van der Waals surface area (Å²) >= 11 is 1.47. The number of anilines is 1. The van der Waals surface area contributed by atoms with Crippen LogP contribution in [0.4, 0.5) is 23.2 Å². The number of pyridine rings is 1. The van der Waals surface area contributed by atoms with E-state index in [1.165, 1.54) is 42.3 Å². The molecule has 1 amide bonds. The molecule has 0 fully saturated rings. The number of nitrogens with zero attached hydrogens (tertiary/aromatic N) is 1. The number of carbonyl (C=O) groups excluding carboxylic acids is 1. The predicted molar refractivity (Wildman–Crippen MR) is 160 cm³/mol. The molecule has 4 aromatic rings. The minimum absolute atomic E-state index is 0.0552. The number of benzene rings is 3. The highest BCUT2D eigenvalue weighted by Gasteiger charge is 2.48. The Morgan fingerprint density at radius 2 is 1.64 bits per heavy atom. The Labute approximate surface area is 245 Å². The molecule has 0 bridgehead atoms. The van der Waals surface area contributed by atoms with Crippen LogP contribution in [0.2, 0.25) is 0 Å². The number of halogens is 4. The molecular weight excluding hydrogens is 570 g/mol. The largest absolute Gasteiger partial charge is 0.455 e. The zero-order chi connectivity index (χ0) is 31.0. The van der Waals surface area contributed by atoms with Gasteiger partial charge in [-0.15, -0.1) is 0 Å². The lowest BCUT2D eigenvalue weighted by Crippen LogP contribution is -2.54. The van der Waals surface area contributed by atoms with E-state index in [1.54, 1.807) is 43.7 Å². The van der Waals surface area contributed by atoms with Gasteiger partial charge in [-0.2, -0.15) is 13.2 Å². The van der Waals surface area contributed by atoms with Crippen LogP contribution in [0.3, 0.4) is 0 Å². The van der Waals surface area contributed by atoms with Crippen LogP contribution in [0.25, 0.3) is 16.6 Å². The van der Waals surface area contributed by atoms with Gasteiger partial charge in [-0.3, -0.25) is 9.59 Å². The maximum Gasteiger partial charge on any atom is 0.410 e. The van der Waals surface area contributed by atoms with Gasteiger partial charge < -0.3 is 19.3 Å². The van der Waals surface area contributed by atoms with E-state index >= 15 is 0 Å². The molecule has 0 aliphatic heterocycles. The summed E-state index contributed by atoms with van der Waals surface area (Å²) < 4.78 is 65.6. The molecule has 0 radical (unpaired) electrons. The number of hydrogen-bond acceptors (Lipinski definition) is 5. The standard InChI is InChI=1S/C31H31F4N3O3S/c1-7-42-37-22-9-11-26(41-28-17(2)12-21(32)13-18(28)3)25(15-22)38-16-19(4)27(39)23-10-8-20(14-24(23)38)29(40)36-30(5,6)31(33,34)35/h8-16,37H,7H2,1-6H3,(H,36,40). The minimum atomic E-state index is -4.68. The molecule has 222 valence electrons. The van der Waals surface area contributed by atoms with Crippen molar-refractivity contribution in [2.75, 3.05) is 10.5 Å². The molecule has 42 heavy (non-hydrogen) atoms. The zero-order valence-corrected chi connectivity index (χ0v) is 24.8. The first-order valence-corrected chi connectivity index (χ1v) is 14.1. The highest BCUT2D eigenvalue weighted by atomic mass is 32.2. The van der Waals surface area contributed by atoms with Crippen LogP contribution < -0.4 is 20.2 Å². The molecule has 0 saturated heterocycles. The Balaban J connectivity index is 1.93. The monoisotopic (exact) mass is 601 g/mol. The van der Waals surface area contributed by atoms with E-state index in [0.717, 1.165) is 25.3 Å². The first-order valence-electron chi connectivity index (χ1n) is 13.1. The molecule has 11 heteroatoms. The Morgan fingerprint density at radius 1 is 0.976 bits per heavy atom. The molecule has 0 aliphatic carbocycles. The van der Waals surface area contributed by atoms with Crippen molar-refractivity contribution < 1.29 is 27.1 Å². The number of alkyl halides is 3. The fourth-order valence-corrected chi connectivity index (χ4v) is 4.84. The van der Waals surface area contributed by atoms with Gasteiger partial charge in [0, 0.05) is 34.2 Å². The van der Waals surface area contributed by atoms with Gasteiger partial charge in [0.2, 0.25) is 0 Å². The van der Waals surface area contributed by atoms with E-state index in [-0.39, 0.29) is 16.4 Å². The van der Waals surface area contributed by atoms with E-state index in [0.29, 0.717) is 39.4 Å². The van der Waals surface area contributed by atoms with Crippen LogP contribution in [0.1, 0.15) is 47.8 Å². The molecule has 0 saturated carbocycles. The second kappa shape index (κ2) is 11.7. The summed E-state index contributed by atoms with van der Waals surface area (Å²) in [6, 6.07) is 12.2. The average Bonchev–Trinajstić information content (AvgIpc) is 2.90. The Bertz CT molecular complexity index is 1710. The number of carbonyl (C=O) groups is 1. The second-order valence-corrected chi connectivity index (χ2v) is 11.6. The first kappa shape index (κ1) is 31.0. The molecule has 3 aromatic carbocycles. The van der Waals surface area contributed by atoms with Crippen molar-refractivity contribution in [3.63, 3.8) is 0 Å². The number of aromatic nitrogens is 1. The molecule has 0 atom stereocenters. The van der Waals surface area contributed by atoms with E-state index in [1.807, 2.05) is 18.3 Å². The van der Waals surface area contributed by atoms with Crippen LogP contribution in [0.5, 0.6) is 11.5 Å². The number of ether oxygens (including phenoxy) is 1. The van der Waals surface area contributed by atoms with E-state index in [9.17, 15) is 27.2 Å². The molecule has 4 rings (SSSR count). The minimum Gasteiger partial charge on any atom is -0.455 e. The fourth-order valence-electron chi connectivity index (χ4n) is 4.40. The molecule has 6 nitrogen and oxygen atoms in total. The van der Waals surface area contributed by atoms with Crippen molar-refractivity contribution in [3.8, 4) is 17.2 Å². The maximum absolute atomic E-state index is 14.0. The van der Waals surface area contributed by atoms with Crippen LogP contribution in [-0.2, 0) is 0 Å². The average molecular weight is 602 g/mol. The number of aryl methyl sites for hydroxylation is 3. The molecule has 0 unspecified atom stereocenters. The number of fused-ring (bicyclic) bond motifs is 1. The van der Waals surface area contributed by atoms with Crippen molar-refractivity contribution in [3.05, 3.63) is 93.0 Å². The molecular formula is C31H31F4N3O3S. The van der Waals surface area contributed by atoms with E-state index < -0.39 is 23.4 Å². The van der Waals surface area contributed by atoms with Gasteiger partial charge in [0.1, 0.15) is 17.1 Å². The normalized spacial score (nSPS) is 12.0. The van der Waals surface area contributed by atoms with E-state index in [2.05, 4.69) is 4.72 Å². The molecule has 0 spiro atoms. The zero-order valence-electron chi connectivity index (χ0n) is 24.0. The number of amides is 1. The highest BCUT2D eigenvalue weighted by molar-refractivity contribution is 8.00. The summed E-state index contributed by atoms with van der Waals surface area (Å²) in [5.41, 5.74) is 0.245. The van der Waals surface area contributed by atoms with Crippen molar-refractivity contribution >= 4 is 34.4 Å². The first-order chi connectivity index (χ1) is 19.6. The summed E-state index contributed by atoms with van der Waals surface area (Å²) in [5, 5.41) is 2.30. The number of nitrogens with one attached hydrogen (secondary N) is 2. The predicted octanol–water partition coefficient (Wildman–Crippen LogP) is 8.00. The highest BCUT2D eigenvalue weighted by Crippen LogP contribution is 2.37. The van der Waals surface area contributed by atoms with Gasteiger partial charge >= 0.3 is 6.18 Å². The Morgan fingerprint density at radius 3 is 2.26 bits per heavy atom. The molecule has 1 heterocycles. The van der Waals surface area contributed by atoms with Gasteiger partial charge in [0.25, 0.3) is 5.91 Å². The van der Waals surface area contributed by atoms with Crippen LogP contribution in [0, 0.1) is 26.6 Å². The van der Waals surface area contributed by atoms with Crippen LogP contribution in [-0.4, -0.2) is 27.9 Å². The number of hydrogen-bond donors (Lipinski definition) is 2. The summed E-state index contributed by atoms with van der Waals surface area (Å²) in [5.74, 6) is 0.280. The maximum atomic E-state index is 14.0. The fraction of sp³-hybridized carbons (Fsp3) is 0.290. The molecule has 2 N–H and O–H groups in total. The quantitative estimate of drug-likeness (QED) is 0.158. The van der Waals surface area contributed by atoms with E-state index in [4.69, 9.17) is 4.74 Å². The Kier molecular flexibility index (Phi) is 8.63. The summed E-state index contributed by atoms with van der Waals surface area (Å²) in [7, 11) is 0. The van der Waals surface area contributed by atoms with Gasteiger partial charge in [0.05, 0.1) is 11.2 Å². The summed E-state index contributed by atoms with van der Waals surface area (Å²) in [4.78, 5) is 26.1. The molecule has 1 aromatic heterocycles. The summed E-state index contributed by atoms with van der Waals surface area (Å²) in [6.07, 6.45) is -3.08. The summed E-state index contributed by atoms with van der Waals surface area (Å²) in [6.45, 7) is 8.84. The van der Waals surface area contributed by atoms with Crippen molar-refractivity contribution in [2.24, 2.45) is 0 Å². The van der Waals surface area contributed by atoms with Gasteiger partial charge in [0.15, 0.2) is 11.2 Å². The second-order valence-electron chi connectivity index (χ2n) is 10.5. The van der Waals surface area contributed by atoms with Crippen molar-refractivity contribution in [1.29, 1.82) is 0 Å². The lowest BCUT2D eigenvalue weighted by Gasteiger charge is -2.29.